The van der Waals surface area contributed by atoms with Crippen molar-refractivity contribution >= 4 is 37.3 Å². The summed E-state index contributed by atoms with van der Waals surface area (Å²) in [6.07, 6.45) is 4.47. The average molecular weight is 334 g/mol. The van der Waals surface area contributed by atoms with Gasteiger partial charge in [0.15, 0.2) is 0 Å². The lowest BCUT2D eigenvalue weighted by molar-refractivity contribution is 0.581. The first kappa shape index (κ1) is 12.6. The smallest absolute Gasteiger partial charge is 0.242 e. The third-order valence-electron chi connectivity index (χ3n) is 1.91. The van der Waals surface area contributed by atoms with Crippen LogP contribution in [0.4, 0.5) is 0 Å². The predicted molar refractivity (Wildman–Crippen MR) is 68.1 cm³/mol. The molecule has 0 aromatic carbocycles. The largest absolute Gasteiger partial charge is 0.262 e. The van der Waals surface area contributed by atoms with Crippen molar-refractivity contribution in [2.75, 3.05) is 0 Å². The Kier molecular flexibility index (Phi) is 3.87. The van der Waals surface area contributed by atoms with E-state index in [9.17, 15) is 8.42 Å². The molecule has 2 heterocycles. The lowest BCUT2D eigenvalue weighted by Gasteiger charge is -2.04. The van der Waals surface area contributed by atoms with Crippen LogP contribution >= 0.6 is 27.3 Å². The molecule has 0 radical (unpaired) electrons. The summed E-state index contributed by atoms with van der Waals surface area (Å²) in [5, 5.41) is 0. The van der Waals surface area contributed by atoms with E-state index in [1.54, 1.807) is 11.7 Å². The average Bonchev–Trinajstić information content (AvgIpc) is 2.79. The molecule has 0 aliphatic heterocycles. The number of hydrogen-bond acceptors (Lipinski definition) is 5. The van der Waals surface area contributed by atoms with Crippen molar-refractivity contribution in [3.8, 4) is 0 Å². The minimum atomic E-state index is -3.52. The fourth-order valence-electron chi connectivity index (χ4n) is 1.12. The van der Waals surface area contributed by atoms with Crippen molar-refractivity contribution in [1.82, 2.24) is 14.7 Å². The minimum absolute atomic E-state index is 0.136. The highest BCUT2D eigenvalue weighted by molar-refractivity contribution is 9.10. The zero-order valence-corrected chi connectivity index (χ0v) is 11.7. The van der Waals surface area contributed by atoms with E-state index in [4.69, 9.17) is 0 Å². The van der Waals surface area contributed by atoms with Crippen molar-refractivity contribution in [3.63, 3.8) is 0 Å². The van der Waals surface area contributed by atoms with Crippen LogP contribution in [0.25, 0.3) is 0 Å². The highest BCUT2D eigenvalue weighted by Gasteiger charge is 2.14. The number of thiazole rings is 1. The molecular formula is C9H8BrN3O2S2. The summed E-state index contributed by atoms with van der Waals surface area (Å²) in [6.45, 7) is 0.236. The molecule has 0 amide bonds. The molecule has 17 heavy (non-hydrogen) atoms. The molecule has 8 heteroatoms. The van der Waals surface area contributed by atoms with Gasteiger partial charge in [-0.1, -0.05) is 0 Å². The van der Waals surface area contributed by atoms with E-state index in [-0.39, 0.29) is 11.4 Å². The van der Waals surface area contributed by atoms with Gasteiger partial charge in [-0.25, -0.2) is 13.1 Å². The number of rotatable bonds is 4. The van der Waals surface area contributed by atoms with Crippen LogP contribution in [-0.4, -0.2) is 18.4 Å². The maximum absolute atomic E-state index is 11.9. The van der Waals surface area contributed by atoms with Crippen LogP contribution in [0.1, 0.15) is 4.88 Å². The quantitative estimate of drug-likeness (QED) is 0.925. The van der Waals surface area contributed by atoms with Gasteiger partial charge in [-0.15, -0.1) is 11.3 Å². The van der Waals surface area contributed by atoms with Crippen LogP contribution in [0.3, 0.4) is 0 Å². The molecule has 2 aromatic rings. The first-order chi connectivity index (χ1) is 8.08. The van der Waals surface area contributed by atoms with Gasteiger partial charge in [-0.05, 0) is 22.0 Å². The van der Waals surface area contributed by atoms with Crippen molar-refractivity contribution < 1.29 is 8.42 Å². The third kappa shape index (κ3) is 3.32. The first-order valence-corrected chi connectivity index (χ1v) is 7.71. The van der Waals surface area contributed by atoms with Crippen molar-refractivity contribution in [1.29, 1.82) is 0 Å². The molecule has 0 unspecified atom stereocenters. The SMILES string of the molecule is O=S(=O)(NCc1cncs1)c1cncc(Br)c1. The number of aromatic nitrogens is 2. The third-order valence-corrected chi connectivity index (χ3v) is 4.49. The molecule has 2 aromatic heterocycles. The second-order valence-electron chi connectivity index (χ2n) is 3.13. The number of pyridine rings is 1. The van der Waals surface area contributed by atoms with Gasteiger partial charge in [-0.3, -0.25) is 9.97 Å². The van der Waals surface area contributed by atoms with Crippen LogP contribution in [0.5, 0.6) is 0 Å². The number of nitrogens with one attached hydrogen (secondary N) is 1. The van der Waals surface area contributed by atoms with Crippen LogP contribution in [-0.2, 0) is 16.6 Å². The molecule has 0 aliphatic carbocycles. The summed E-state index contributed by atoms with van der Waals surface area (Å²) < 4.78 is 26.9. The molecule has 0 fully saturated rings. The van der Waals surface area contributed by atoms with Gasteiger partial charge in [0.2, 0.25) is 10.0 Å². The summed E-state index contributed by atoms with van der Waals surface area (Å²) in [4.78, 5) is 8.69. The van der Waals surface area contributed by atoms with E-state index in [0.717, 1.165) is 4.88 Å². The molecule has 2 rings (SSSR count). The number of hydrogen-bond donors (Lipinski definition) is 1. The highest BCUT2D eigenvalue weighted by atomic mass is 79.9. The molecule has 0 spiro atoms. The van der Waals surface area contributed by atoms with E-state index < -0.39 is 10.0 Å². The Balaban J connectivity index is 2.14. The van der Waals surface area contributed by atoms with Crippen LogP contribution in [0.15, 0.2) is 39.5 Å². The van der Waals surface area contributed by atoms with Crippen molar-refractivity contribution in [2.45, 2.75) is 11.4 Å². The zero-order chi connectivity index (χ0) is 12.3. The van der Waals surface area contributed by atoms with E-state index in [2.05, 4.69) is 30.6 Å². The van der Waals surface area contributed by atoms with E-state index >= 15 is 0 Å². The molecule has 0 saturated heterocycles. The zero-order valence-electron chi connectivity index (χ0n) is 8.50. The van der Waals surface area contributed by atoms with Gasteiger partial charge >= 0.3 is 0 Å². The van der Waals surface area contributed by atoms with Gasteiger partial charge in [0, 0.05) is 34.5 Å². The van der Waals surface area contributed by atoms with E-state index in [0.29, 0.717) is 4.47 Å². The lowest BCUT2D eigenvalue weighted by atomic mass is 10.5. The lowest BCUT2D eigenvalue weighted by Crippen LogP contribution is -2.22. The summed E-state index contributed by atoms with van der Waals surface area (Å²) in [5.41, 5.74) is 1.66. The van der Waals surface area contributed by atoms with Gasteiger partial charge in [0.25, 0.3) is 0 Å². The van der Waals surface area contributed by atoms with Gasteiger partial charge < -0.3 is 0 Å². The minimum Gasteiger partial charge on any atom is -0.262 e. The highest BCUT2D eigenvalue weighted by Crippen LogP contribution is 2.14. The van der Waals surface area contributed by atoms with Crippen molar-refractivity contribution in [3.05, 3.63) is 39.5 Å². The van der Waals surface area contributed by atoms with Gasteiger partial charge in [0.05, 0.1) is 5.51 Å². The number of halogens is 1. The molecular weight excluding hydrogens is 326 g/mol. The van der Waals surface area contributed by atoms with E-state index in [1.165, 1.54) is 29.8 Å². The maximum Gasteiger partial charge on any atom is 0.242 e. The number of nitrogens with zero attached hydrogens (tertiary/aromatic N) is 2. The van der Waals surface area contributed by atoms with Gasteiger partial charge in [-0.2, -0.15) is 0 Å². The van der Waals surface area contributed by atoms with Gasteiger partial charge in [0.1, 0.15) is 4.90 Å². The summed E-state index contributed by atoms with van der Waals surface area (Å²) in [7, 11) is -3.52. The second-order valence-corrected chi connectivity index (χ2v) is 6.78. The predicted octanol–water partition coefficient (Wildman–Crippen LogP) is 1.78. The fourth-order valence-corrected chi connectivity index (χ4v) is 3.25. The molecule has 0 aliphatic rings. The second kappa shape index (κ2) is 5.21. The monoisotopic (exact) mass is 333 g/mol. The van der Waals surface area contributed by atoms with Crippen LogP contribution in [0.2, 0.25) is 0 Å². The molecule has 5 nitrogen and oxygen atoms in total. The Bertz CT molecular complexity index is 598. The molecule has 1 N–H and O–H groups in total. The van der Waals surface area contributed by atoms with Crippen LogP contribution < -0.4 is 4.72 Å². The summed E-state index contributed by atoms with van der Waals surface area (Å²) in [5.74, 6) is 0. The molecule has 90 valence electrons. The normalized spacial score (nSPS) is 11.6. The Labute approximate surface area is 111 Å². The first-order valence-electron chi connectivity index (χ1n) is 4.55. The standard InChI is InChI=1S/C9H8BrN3O2S2/c10-7-1-9(5-11-2-7)17(14,15)13-4-8-3-12-6-16-8/h1-3,5-6,13H,4H2. The van der Waals surface area contributed by atoms with E-state index in [1.807, 2.05) is 0 Å². The fraction of sp³-hybridized carbons (Fsp3) is 0.111. The molecule has 0 saturated carbocycles. The summed E-state index contributed by atoms with van der Waals surface area (Å²) >= 11 is 4.58. The Hall–Kier alpha value is -0.830. The molecule has 0 atom stereocenters. The van der Waals surface area contributed by atoms with Crippen molar-refractivity contribution in [2.24, 2.45) is 0 Å². The molecule has 0 bridgehead atoms. The number of sulfonamides is 1. The topological polar surface area (TPSA) is 72.0 Å². The summed E-state index contributed by atoms with van der Waals surface area (Å²) in [6, 6.07) is 1.50. The van der Waals surface area contributed by atoms with Crippen LogP contribution in [0, 0.1) is 0 Å². The maximum atomic E-state index is 11.9. The Morgan fingerprint density at radius 3 is 2.76 bits per heavy atom. The Morgan fingerprint density at radius 1 is 1.29 bits per heavy atom. The Morgan fingerprint density at radius 2 is 2.12 bits per heavy atom.